The summed E-state index contributed by atoms with van der Waals surface area (Å²) in [5.41, 5.74) is 5.51. The van der Waals surface area contributed by atoms with Gasteiger partial charge in [-0.25, -0.2) is 4.79 Å². The van der Waals surface area contributed by atoms with Crippen molar-refractivity contribution in [2.45, 2.75) is 32.2 Å². The fourth-order valence-electron chi connectivity index (χ4n) is 1.66. The zero-order chi connectivity index (χ0) is 11.8. The number of amides is 2. The van der Waals surface area contributed by atoms with Crippen LogP contribution < -0.4 is 16.4 Å². The van der Waals surface area contributed by atoms with Crippen LogP contribution in [0.3, 0.4) is 0 Å². The molecule has 5 heteroatoms. The molecule has 0 saturated carbocycles. The number of ether oxygens (including phenoxy) is 1. The van der Waals surface area contributed by atoms with Crippen molar-refractivity contribution in [1.29, 1.82) is 0 Å². The second-order valence-corrected chi connectivity index (χ2v) is 4.44. The molecule has 1 fully saturated rings. The van der Waals surface area contributed by atoms with Gasteiger partial charge in [-0.3, -0.25) is 0 Å². The van der Waals surface area contributed by atoms with Crippen LogP contribution in [0.2, 0.25) is 0 Å². The average molecular weight is 229 g/mol. The Balaban J connectivity index is 1.97. The standard InChI is InChI=1S/C11H23N3O2/c1-9(7-12)3-2-5-13-11(15)14-10-4-6-16-8-10/h9-10H,2-8,12H2,1H3,(H2,13,14,15). The normalized spacial score (nSPS) is 21.8. The van der Waals surface area contributed by atoms with Crippen LogP contribution in [-0.2, 0) is 4.74 Å². The summed E-state index contributed by atoms with van der Waals surface area (Å²) < 4.78 is 5.17. The number of hydrogen-bond acceptors (Lipinski definition) is 3. The third kappa shape index (κ3) is 5.32. The van der Waals surface area contributed by atoms with Gasteiger partial charge in [0.05, 0.1) is 12.6 Å². The SMILES string of the molecule is CC(CN)CCCNC(=O)NC1CCOC1. The van der Waals surface area contributed by atoms with Crippen molar-refractivity contribution in [2.24, 2.45) is 11.7 Å². The molecule has 1 heterocycles. The molecule has 0 radical (unpaired) electrons. The van der Waals surface area contributed by atoms with Crippen LogP contribution in [0.15, 0.2) is 0 Å². The van der Waals surface area contributed by atoms with Crippen molar-refractivity contribution in [3.8, 4) is 0 Å². The molecule has 0 aromatic carbocycles. The minimum atomic E-state index is -0.0871. The molecule has 94 valence electrons. The van der Waals surface area contributed by atoms with Gasteiger partial charge in [-0.2, -0.15) is 0 Å². The lowest BCUT2D eigenvalue weighted by Gasteiger charge is -2.12. The summed E-state index contributed by atoms with van der Waals surface area (Å²) in [4.78, 5) is 11.4. The highest BCUT2D eigenvalue weighted by Crippen LogP contribution is 2.03. The van der Waals surface area contributed by atoms with Gasteiger partial charge in [-0.05, 0) is 31.7 Å². The van der Waals surface area contributed by atoms with Crippen molar-refractivity contribution in [1.82, 2.24) is 10.6 Å². The smallest absolute Gasteiger partial charge is 0.315 e. The van der Waals surface area contributed by atoms with Gasteiger partial charge < -0.3 is 21.1 Å². The Morgan fingerprint density at radius 3 is 3.06 bits per heavy atom. The Hall–Kier alpha value is -0.810. The number of nitrogens with two attached hydrogens (primary N) is 1. The Kier molecular flexibility index (Phi) is 6.18. The van der Waals surface area contributed by atoms with E-state index in [9.17, 15) is 4.79 Å². The Morgan fingerprint density at radius 2 is 2.44 bits per heavy atom. The first-order valence-electron chi connectivity index (χ1n) is 6.04. The maximum Gasteiger partial charge on any atom is 0.315 e. The molecular formula is C11H23N3O2. The van der Waals surface area contributed by atoms with Gasteiger partial charge >= 0.3 is 6.03 Å². The molecular weight excluding hydrogens is 206 g/mol. The number of nitrogens with one attached hydrogen (secondary N) is 2. The molecule has 2 amide bonds. The van der Waals surface area contributed by atoms with E-state index >= 15 is 0 Å². The largest absolute Gasteiger partial charge is 0.379 e. The van der Waals surface area contributed by atoms with Crippen molar-refractivity contribution >= 4 is 6.03 Å². The quantitative estimate of drug-likeness (QED) is 0.579. The summed E-state index contributed by atoms with van der Waals surface area (Å²) >= 11 is 0. The maximum absolute atomic E-state index is 11.4. The summed E-state index contributed by atoms with van der Waals surface area (Å²) in [6.45, 7) is 4.93. The van der Waals surface area contributed by atoms with E-state index < -0.39 is 0 Å². The summed E-state index contributed by atoms with van der Waals surface area (Å²) in [5, 5.41) is 5.72. The molecule has 0 aromatic heterocycles. The van der Waals surface area contributed by atoms with Gasteiger partial charge in [0.25, 0.3) is 0 Å². The highest BCUT2D eigenvalue weighted by atomic mass is 16.5. The molecule has 5 nitrogen and oxygen atoms in total. The molecule has 0 spiro atoms. The van der Waals surface area contributed by atoms with Gasteiger partial charge in [0, 0.05) is 13.2 Å². The minimum Gasteiger partial charge on any atom is -0.379 e. The van der Waals surface area contributed by atoms with Crippen LogP contribution in [-0.4, -0.2) is 38.4 Å². The average Bonchev–Trinajstić information content (AvgIpc) is 2.76. The van der Waals surface area contributed by atoms with E-state index in [0.29, 0.717) is 25.6 Å². The molecule has 0 bridgehead atoms. The first-order valence-corrected chi connectivity index (χ1v) is 6.04. The molecule has 1 aliphatic heterocycles. The van der Waals surface area contributed by atoms with Crippen molar-refractivity contribution < 1.29 is 9.53 Å². The lowest BCUT2D eigenvalue weighted by Crippen LogP contribution is -2.42. The van der Waals surface area contributed by atoms with Gasteiger partial charge in [0.1, 0.15) is 0 Å². The van der Waals surface area contributed by atoms with E-state index in [2.05, 4.69) is 17.6 Å². The molecule has 0 aromatic rings. The van der Waals surface area contributed by atoms with Crippen LogP contribution in [0.25, 0.3) is 0 Å². The first-order chi connectivity index (χ1) is 7.72. The van der Waals surface area contributed by atoms with Gasteiger partial charge in [-0.15, -0.1) is 0 Å². The third-order valence-electron chi connectivity index (χ3n) is 2.83. The number of hydrogen-bond donors (Lipinski definition) is 3. The lowest BCUT2D eigenvalue weighted by molar-refractivity contribution is 0.188. The number of carbonyl (C=O) groups excluding carboxylic acids is 1. The Labute approximate surface area is 97.1 Å². The Morgan fingerprint density at radius 1 is 1.62 bits per heavy atom. The van der Waals surface area contributed by atoms with E-state index in [4.69, 9.17) is 10.5 Å². The molecule has 1 aliphatic rings. The number of rotatable bonds is 6. The molecule has 4 N–H and O–H groups in total. The first kappa shape index (κ1) is 13.3. The van der Waals surface area contributed by atoms with Crippen molar-refractivity contribution in [3.05, 3.63) is 0 Å². The van der Waals surface area contributed by atoms with Crippen molar-refractivity contribution in [2.75, 3.05) is 26.3 Å². The van der Waals surface area contributed by atoms with Crippen LogP contribution >= 0.6 is 0 Å². The van der Waals surface area contributed by atoms with Gasteiger partial charge in [0.15, 0.2) is 0 Å². The predicted octanol–water partition coefficient (Wildman–Crippen LogP) is 0.450. The van der Waals surface area contributed by atoms with Crippen LogP contribution in [0.4, 0.5) is 4.79 Å². The highest BCUT2D eigenvalue weighted by molar-refractivity contribution is 5.74. The molecule has 2 unspecified atom stereocenters. The van der Waals surface area contributed by atoms with E-state index in [0.717, 1.165) is 25.9 Å². The zero-order valence-corrected chi connectivity index (χ0v) is 10.00. The fraction of sp³-hybridized carbons (Fsp3) is 0.909. The summed E-state index contributed by atoms with van der Waals surface area (Å²) in [6.07, 6.45) is 2.95. The second-order valence-electron chi connectivity index (χ2n) is 4.44. The molecule has 1 saturated heterocycles. The van der Waals surface area contributed by atoms with E-state index in [1.165, 1.54) is 0 Å². The van der Waals surface area contributed by atoms with Crippen LogP contribution in [0.5, 0.6) is 0 Å². The Bertz CT molecular complexity index is 205. The number of carbonyl (C=O) groups is 1. The van der Waals surface area contributed by atoms with E-state index in [1.807, 2.05) is 0 Å². The van der Waals surface area contributed by atoms with Crippen LogP contribution in [0, 0.1) is 5.92 Å². The topological polar surface area (TPSA) is 76.4 Å². The molecule has 1 rings (SSSR count). The monoisotopic (exact) mass is 229 g/mol. The van der Waals surface area contributed by atoms with Crippen molar-refractivity contribution in [3.63, 3.8) is 0 Å². The third-order valence-corrected chi connectivity index (χ3v) is 2.83. The van der Waals surface area contributed by atoms with Gasteiger partial charge in [-0.1, -0.05) is 6.92 Å². The van der Waals surface area contributed by atoms with Crippen LogP contribution in [0.1, 0.15) is 26.2 Å². The summed E-state index contributed by atoms with van der Waals surface area (Å²) in [5.74, 6) is 0.535. The zero-order valence-electron chi connectivity index (χ0n) is 10.00. The van der Waals surface area contributed by atoms with E-state index in [-0.39, 0.29) is 12.1 Å². The summed E-state index contributed by atoms with van der Waals surface area (Å²) in [6, 6.07) is 0.0962. The molecule has 2 atom stereocenters. The number of urea groups is 1. The second kappa shape index (κ2) is 7.46. The molecule has 0 aliphatic carbocycles. The van der Waals surface area contributed by atoms with Gasteiger partial charge in [0.2, 0.25) is 0 Å². The lowest BCUT2D eigenvalue weighted by atomic mass is 10.1. The minimum absolute atomic E-state index is 0.0871. The predicted molar refractivity (Wildman–Crippen MR) is 63.2 cm³/mol. The maximum atomic E-state index is 11.4. The summed E-state index contributed by atoms with van der Waals surface area (Å²) in [7, 11) is 0. The van der Waals surface area contributed by atoms with E-state index in [1.54, 1.807) is 0 Å². The molecule has 16 heavy (non-hydrogen) atoms. The fourth-order valence-corrected chi connectivity index (χ4v) is 1.66. The highest BCUT2D eigenvalue weighted by Gasteiger charge is 2.17.